The smallest absolute Gasteiger partial charge is 0.337 e. The number of carboxylic acids is 1. The van der Waals surface area contributed by atoms with E-state index >= 15 is 0 Å². The number of anilines is 1. The van der Waals surface area contributed by atoms with E-state index in [9.17, 15) is 9.90 Å². The highest BCUT2D eigenvalue weighted by molar-refractivity contribution is 5.94. The van der Waals surface area contributed by atoms with E-state index in [0.29, 0.717) is 11.6 Å². The Morgan fingerprint density at radius 2 is 2.29 bits per heavy atom. The molecule has 0 radical (unpaired) electrons. The fraction of sp³-hybridized carbons (Fsp3) is 0.462. The highest BCUT2D eigenvalue weighted by Crippen LogP contribution is 2.22. The molecule has 1 aliphatic heterocycles. The van der Waals surface area contributed by atoms with Crippen molar-refractivity contribution < 1.29 is 9.90 Å². The molecule has 0 saturated carbocycles. The lowest BCUT2D eigenvalue weighted by atomic mass is 10.1. The van der Waals surface area contributed by atoms with Gasteiger partial charge in [0.25, 0.3) is 0 Å². The Balaban J connectivity index is 2.24. The van der Waals surface area contributed by atoms with Crippen LogP contribution in [-0.2, 0) is 0 Å². The van der Waals surface area contributed by atoms with Crippen LogP contribution in [0.1, 0.15) is 23.7 Å². The SMILES string of the molecule is CC[C@@H]1CN(c2ccccc2C(=O)O)CCN1. The van der Waals surface area contributed by atoms with Crippen molar-refractivity contribution in [2.45, 2.75) is 19.4 Å². The number of nitrogens with zero attached hydrogens (tertiary/aromatic N) is 1. The molecule has 2 N–H and O–H groups in total. The molecule has 0 aromatic heterocycles. The molecule has 0 unspecified atom stereocenters. The second kappa shape index (κ2) is 5.19. The zero-order valence-corrected chi connectivity index (χ0v) is 10.0. The van der Waals surface area contributed by atoms with Crippen LogP contribution in [0.25, 0.3) is 0 Å². The second-order valence-electron chi connectivity index (χ2n) is 4.33. The largest absolute Gasteiger partial charge is 0.478 e. The standard InChI is InChI=1S/C13H18N2O2/c1-2-10-9-15(8-7-14-10)12-6-4-3-5-11(12)13(16)17/h3-6,10,14H,2,7-9H2,1H3,(H,16,17)/t10-/m1/s1. The number of rotatable bonds is 3. The van der Waals surface area contributed by atoms with Gasteiger partial charge in [-0.2, -0.15) is 0 Å². The number of nitrogens with one attached hydrogen (secondary N) is 1. The molecule has 92 valence electrons. The molecule has 1 aromatic rings. The third-order valence-electron chi connectivity index (χ3n) is 3.22. The van der Waals surface area contributed by atoms with Gasteiger partial charge in [-0.3, -0.25) is 0 Å². The van der Waals surface area contributed by atoms with Crippen molar-refractivity contribution in [1.82, 2.24) is 5.32 Å². The van der Waals surface area contributed by atoms with Crippen LogP contribution in [-0.4, -0.2) is 36.8 Å². The summed E-state index contributed by atoms with van der Waals surface area (Å²) >= 11 is 0. The Hall–Kier alpha value is -1.55. The van der Waals surface area contributed by atoms with Crippen molar-refractivity contribution in [3.63, 3.8) is 0 Å². The summed E-state index contributed by atoms with van der Waals surface area (Å²) in [7, 11) is 0. The van der Waals surface area contributed by atoms with Gasteiger partial charge in [-0.25, -0.2) is 4.79 Å². The molecule has 1 atom stereocenters. The van der Waals surface area contributed by atoms with Gasteiger partial charge in [0.05, 0.1) is 11.3 Å². The fourth-order valence-electron chi connectivity index (χ4n) is 2.25. The van der Waals surface area contributed by atoms with E-state index in [4.69, 9.17) is 0 Å². The normalized spacial score (nSPS) is 20.3. The van der Waals surface area contributed by atoms with Gasteiger partial charge >= 0.3 is 5.97 Å². The third kappa shape index (κ3) is 2.58. The maximum absolute atomic E-state index is 11.2. The number of para-hydroxylation sites is 1. The Morgan fingerprint density at radius 3 is 3.00 bits per heavy atom. The molecule has 1 aliphatic rings. The zero-order valence-electron chi connectivity index (χ0n) is 10.0. The predicted molar refractivity (Wildman–Crippen MR) is 67.7 cm³/mol. The molecule has 1 heterocycles. The van der Waals surface area contributed by atoms with E-state index in [-0.39, 0.29) is 0 Å². The van der Waals surface area contributed by atoms with Crippen LogP contribution in [0.4, 0.5) is 5.69 Å². The molecule has 0 aliphatic carbocycles. The first kappa shape index (κ1) is 11.9. The highest BCUT2D eigenvalue weighted by Gasteiger charge is 2.21. The number of benzene rings is 1. The molecule has 0 bridgehead atoms. The first-order valence-corrected chi connectivity index (χ1v) is 6.03. The van der Waals surface area contributed by atoms with Gasteiger partial charge in [-0.15, -0.1) is 0 Å². The third-order valence-corrected chi connectivity index (χ3v) is 3.22. The molecule has 4 nitrogen and oxygen atoms in total. The summed E-state index contributed by atoms with van der Waals surface area (Å²) in [6, 6.07) is 7.67. The molecule has 2 rings (SSSR count). The molecular formula is C13H18N2O2. The number of carboxylic acid groups (broad SMARTS) is 1. The molecule has 0 amide bonds. The number of hydrogen-bond acceptors (Lipinski definition) is 3. The summed E-state index contributed by atoms with van der Waals surface area (Å²) in [6.45, 7) is 4.79. The Labute approximate surface area is 101 Å². The fourth-order valence-corrected chi connectivity index (χ4v) is 2.25. The Morgan fingerprint density at radius 1 is 1.53 bits per heavy atom. The lowest BCUT2D eigenvalue weighted by molar-refractivity contribution is 0.0697. The van der Waals surface area contributed by atoms with E-state index in [1.807, 2.05) is 12.1 Å². The van der Waals surface area contributed by atoms with Gasteiger partial charge in [-0.1, -0.05) is 19.1 Å². The maximum atomic E-state index is 11.2. The molecule has 1 fully saturated rings. The monoisotopic (exact) mass is 234 g/mol. The van der Waals surface area contributed by atoms with Crippen molar-refractivity contribution in [2.24, 2.45) is 0 Å². The van der Waals surface area contributed by atoms with E-state index in [2.05, 4.69) is 17.1 Å². The molecular weight excluding hydrogens is 216 g/mol. The first-order valence-electron chi connectivity index (χ1n) is 6.03. The van der Waals surface area contributed by atoms with Gasteiger partial charge in [0.15, 0.2) is 0 Å². The van der Waals surface area contributed by atoms with E-state index < -0.39 is 5.97 Å². The van der Waals surface area contributed by atoms with Gasteiger partial charge in [0, 0.05) is 25.7 Å². The van der Waals surface area contributed by atoms with Crippen LogP contribution in [0.3, 0.4) is 0 Å². The first-order chi connectivity index (χ1) is 8.22. The lowest BCUT2D eigenvalue weighted by Gasteiger charge is -2.35. The van der Waals surface area contributed by atoms with Crippen molar-refractivity contribution in [1.29, 1.82) is 0 Å². The quantitative estimate of drug-likeness (QED) is 0.833. The van der Waals surface area contributed by atoms with Gasteiger partial charge in [0.2, 0.25) is 0 Å². The van der Waals surface area contributed by atoms with E-state index in [0.717, 1.165) is 31.7 Å². The summed E-state index contributed by atoms with van der Waals surface area (Å²) in [4.78, 5) is 13.3. The average Bonchev–Trinajstić information content (AvgIpc) is 2.39. The number of piperazine rings is 1. The van der Waals surface area contributed by atoms with Gasteiger partial charge in [0.1, 0.15) is 0 Å². The number of hydrogen-bond donors (Lipinski definition) is 2. The van der Waals surface area contributed by atoms with Crippen molar-refractivity contribution in [3.05, 3.63) is 29.8 Å². The summed E-state index contributed by atoms with van der Waals surface area (Å²) < 4.78 is 0. The predicted octanol–water partition coefficient (Wildman–Crippen LogP) is 1.57. The minimum absolute atomic E-state index is 0.393. The molecule has 0 spiro atoms. The van der Waals surface area contributed by atoms with Gasteiger partial charge < -0.3 is 15.3 Å². The van der Waals surface area contributed by atoms with Crippen LogP contribution < -0.4 is 10.2 Å². The lowest BCUT2D eigenvalue weighted by Crippen LogP contribution is -2.50. The molecule has 17 heavy (non-hydrogen) atoms. The Kier molecular flexibility index (Phi) is 3.64. The van der Waals surface area contributed by atoms with Crippen LogP contribution in [0, 0.1) is 0 Å². The van der Waals surface area contributed by atoms with Crippen LogP contribution >= 0.6 is 0 Å². The minimum atomic E-state index is -0.854. The van der Waals surface area contributed by atoms with Crippen molar-refractivity contribution in [3.8, 4) is 0 Å². The molecule has 1 saturated heterocycles. The summed E-state index contributed by atoms with van der Waals surface area (Å²) in [6.07, 6.45) is 1.06. The number of carbonyl (C=O) groups is 1. The summed E-state index contributed by atoms with van der Waals surface area (Å²) in [5.74, 6) is -0.854. The molecule has 4 heteroatoms. The highest BCUT2D eigenvalue weighted by atomic mass is 16.4. The minimum Gasteiger partial charge on any atom is -0.478 e. The summed E-state index contributed by atoms with van der Waals surface area (Å²) in [5, 5.41) is 12.6. The van der Waals surface area contributed by atoms with Crippen molar-refractivity contribution >= 4 is 11.7 Å². The summed E-state index contributed by atoms with van der Waals surface area (Å²) in [5.41, 5.74) is 1.23. The maximum Gasteiger partial charge on any atom is 0.337 e. The van der Waals surface area contributed by atoms with Crippen LogP contribution in [0.2, 0.25) is 0 Å². The van der Waals surface area contributed by atoms with E-state index in [1.165, 1.54) is 0 Å². The van der Waals surface area contributed by atoms with E-state index in [1.54, 1.807) is 12.1 Å². The molecule has 1 aromatic carbocycles. The number of aromatic carboxylic acids is 1. The van der Waals surface area contributed by atoms with Gasteiger partial charge in [-0.05, 0) is 18.6 Å². The van der Waals surface area contributed by atoms with Crippen molar-refractivity contribution in [2.75, 3.05) is 24.5 Å². The Bertz CT molecular complexity index is 406. The second-order valence-corrected chi connectivity index (χ2v) is 4.33. The van der Waals surface area contributed by atoms with Crippen LogP contribution in [0.5, 0.6) is 0 Å². The average molecular weight is 234 g/mol. The van der Waals surface area contributed by atoms with Crippen LogP contribution in [0.15, 0.2) is 24.3 Å². The zero-order chi connectivity index (χ0) is 12.3. The topological polar surface area (TPSA) is 52.6 Å².